The topological polar surface area (TPSA) is 55.8 Å². The maximum atomic E-state index is 12.7. The van der Waals surface area contributed by atoms with Crippen LogP contribution in [-0.4, -0.2) is 47.7 Å². The molecule has 0 unspecified atom stereocenters. The van der Waals surface area contributed by atoms with Gasteiger partial charge in [0.25, 0.3) is 0 Å². The summed E-state index contributed by atoms with van der Waals surface area (Å²) in [6.45, 7) is 6.74. The zero-order valence-corrected chi connectivity index (χ0v) is 12.2. The van der Waals surface area contributed by atoms with Crippen LogP contribution in [0.2, 0.25) is 0 Å². The summed E-state index contributed by atoms with van der Waals surface area (Å²) >= 11 is 0. The van der Waals surface area contributed by atoms with Crippen molar-refractivity contribution in [1.29, 1.82) is 0 Å². The average molecular weight is 279 g/mol. The molecule has 1 amide bonds. The standard InChI is InChI=1S/C15H21NO4/c1-4-9(3)16-8-15-7-6-10(20-15)11(12(15)13(16)17)14(18)19-5-2/h6-7,9-12H,4-5,8H2,1-3H3/t9-,10-,11-,12-,15+/m1/s1. The predicted molar refractivity (Wildman–Crippen MR) is 71.8 cm³/mol. The van der Waals surface area contributed by atoms with Gasteiger partial charge in [0.15, 0.2) is 0 Å². The van der Waals surface area contributed by atoms with Gasteiger partial charge in [-0.25, -0.2) is 0 Å². The number of hydrogen-bond donors (Lipinski definition) is 0. The van der Waals surface area contributed by atoms with Crippen LogP contribution in [0.3, 0.4) is 0 Å². The van der Waals surface area contributed by atoms with Gasteiger partial charge in [-0.3, -0.25) is 9.59 Å². The number of likely N-dealkylation sites (tertiary alicyclic amines) is 1. The molecule has 2 fully saturated rings. The minimum atomic E-state index is -0.609. The summed E-state index contributed by atoms with van der Waals surface area (Å²) in [5, 5.41) is 0. The Hall–Kier alpha value is -1.36. The highest BCUT2D eigenvalue weighted by atomic mass is 16.6. The molecule has 3 heterocycles. The van der Waals surface area contributed by atoms with Gasteiger partial charge in [0.1, 0.15) is 11.5 Å². The number of rotatable bonds is 4. The Labute approximate surface area is 118 Å². The van der Waals surface area contributed by atoms with Crippen molar-refractivity contribution in [3.63, 3.8) is 0 Å². The SMILES string of the molecule is CCOC(=O)[C@@H]1[C@H]2C=C[C@@]3(CN([C@H](C)CC)C(=O)[C@@H]13)O2. The van der Waals surface area contributed by atoms with E-state index in [1.54, 1.807) is 6.92 Å². The molecule has 0 aromatic rings. The van der Waals surface area contributed by atoms with Crippen molar-refractivity contribution >= 4 is 11.9 Å². The summed E-state index contributed by atoms with van der Waals surface area (Å²) in [6.07, 6.45) is 4.47. The van der Waals surface area contributed by atoms with Gasteiger partial charge >= 0.3 is 5.97 Å². The fraction of sp³-hybridized carbons (Fsp3) is 0.733. The van der Waals surface area contributed by atoms with E-state index < -0.39 is 17.4 Å². The van der Waals surface area contributed by atoms with Crippen LogP contribution in [0.15, 0.2) is 12.2 Å². The van der Waals surface area contributed by atoms with E-state index in [-0.39, 0.29) is 24.0 Å². The van der Waals surface area contributed by atoms with Crippen LogP contribution >= 0.6 is 0 Å². The van der Waals surface area contributed by atoms with Gasteiger partial charge in [0.2, 0.25) is 5.91 Å². The molecule has 0 saturated carbocycles. The first-order chi connectivity index (χ1) is 9.54. The van der Waals surface area contributed by atoms with E-state index in [4.69, 9.17) is 9.47 Å². The van der Waals surface area contributed by atoms with Gasteiger partial charge in [-0.1, -0.05) is 19.1 Å². The van der Waals surface area contributed by atoms with Crippen LogP contribution < -0.4 is 0 Å². The van der Waals surface area contributed by atoms with Gasteiger partial charge in [0, 0.05) is 6.04 Å². The van der Waals surface area contributed by atoms with Crippen molar-refractivity contribution in [1.82, 2.24) is 4.90 Å². The average Bonchev–Trinajstić information content (AvgIpc) is 3.06. The molecule has 0 N–H and O–H groups in total. The lowest BCUT2D eigenvalue weighted by Crippen LogP contribution is -2.41. The summed E-state index contributed by atoms with van der Waals surface area (Å²) in [4.78, 5) is 26.7. The fourth-order valence-electron chi connectivity index (χ4n) is 3.63. The molecule has 0 aliphatic carbocycles. The molecular formula is C15H21NO4. The number of carbonyl (C=O) groups excluding carboxylic acids is 2. The third-order valence-electron chi connectivity index (χ3n) is 4.81. The molecule has 0 aromatic heterocycles. The number of fused-ring (bicyclic) bond motifs is 1. The maximum absolute atomic E-state index is 12.7. The molecule has 5 nitrogen and oxygen atoms in total. The van der Waals surface area contributed by atoms with E-state index in [0.717, 1.165) is 6.42 Å². The largest absolute Gasteiger partial charge is 0.466 e. The van der Waals surface area contributed by atoms with Crippen molar-refractivity contribution < 1.29 is 19.1 Å². The normalized spacial score (nSPS) is 39.2. The molecule has 2 bridgehead atoms. The fourth-order valence-corrected chi connectivity index (χ4v) is 3.63. The van der Waals surface area contributed by atoms with Crippen molar-refractivity contribution in [2.24, 2.45) is 11.8 Å². The Morgan fingerprint density at radius 3 is 3.00 bits per heavy atom. The Morgan fingerprint density at radius 1 is 1.60 bits per heavy atom. The predicted octanol–water partition coefficient (Wildman–Crippen LogP) is 1.13. The third-order valence-corrected chi connectivity index (χ3v) is 4.81. The number of carbonyl (C=O) groups is 2. The summed E-state index contributed by atoms with van der Waals surface area (Å²) in [6, 6.07) is 0.168. The lowest BCUT2D eigenvalue weighted by atomic mass is 9.77. The molecule has 20 heavy (non-hydrogen) atoms. The van der Waals surface area contributed by atoms with E-state index in [2.05, 4.69) is 6.92 Å². The molecule has 3 rings (SSSR count). The first-order valence-electron chi connectivity index (χ1n) is 7.38. The highest BCUT2D eigenvalue weighted by molar-refractivity contribution is 5.91. The van der Waals surface area contributed by atoms with Crippen molar-refractivity contribution in [2.75, 3.05) is 13.2 Å². The second kappa shape index (κ2) is 4.58. The van der Waals surface area contributed by atoms with E-state index >= 15 is 0 Å². The van der Waals surface area contributed by atoms with E-state index in [1.807, 2.05) is 24.0 Å². The third kappa shape index (κ3) is 1.65. The zero-order chi connectivity index (χ0) is 14.5. The van der Waals surface area contributed by atoms with Crippen LogP contribution in [-0.2, 0) is 19.1 Å². The first-order valence-corrected chi connectivity index (χ1v) is 7.38. The van der Waals surface area contributed by atoms with Crippen molar-refractivity contribution in [2.45, 2.75) is 44.9 Å². The van der Waals surface area contributed by atoms with Crippen LogP contribution in [0, 0.1) is 11.8 Å². The van der Waals surface area contributed by atoms with Crippen LogP contribution in [0.1, 0.15) is 27.2 Å². The minimum absolute atomic E-state index is 0.0317. The molecule has 5 atom stereocenters. The molecule has 3 aliphatic rings. The first kappa shape index (κ1) is 13.6. The van der Waals surface area contributed by atoms with E-state index in [0.29, 0.717) is 13.2 Å². The zero-order valence-electron chi connectivity index (χ0n) is 12.2. The van der Waals surface area contributed by atoms with E-state index in [1.165, 1.54) is 0 Å². The smallest absolute Gasteiger partial charge is 0.312 e. The van der Waals surface area contributed by atoms with Gasteiger partial charge in [-0.05, 0) is 20.3 Å². The van der Waals surface area contributed by atoms with Gasteiger partial charge in [-0.2, -0.15) is 0 Å². The monoisotopic (exact) mass is 279 g/mol. The maximum Gasteiger partial charge on any atom is 0.312 e. The molecule has 5 heteroatoms. The second-order valence-corrected chi connectivity index (χ2v) is 5.88. The number of amides is 1. The lowest BCUT2D eigenvalue weighted by Gasteiger charge is -2.26. The highest BCUT2D eigenvalue weighted by Crippen LogP contribution is 2.52. The molecule has 3 aliphatic heterocycles. The number of nitrogens with zero attached hydrogens (tertiary/aromatic N) is 1. The highest BCUT2D eigenvalue weighted by Gasteiger charge is 2.67. The summed E-state index contributed by atoms with van der Waals surface area (Å²) in [5.74, 6) is -1.18. The number of hydrogen-bond acceptors (Lipinski definition) is 4. The van der Waals surface area contributed by atoms with Gasteiger partial charge < -0.3 is 14.4 Å². The molecule has 2 saturated heterocycles. The molecule has 1 spiro atoms. The quantitative estimate of drug-likeness (QED) is 0.572. The number of ether oxygens (including phenoxy) is 2. The lowest BCUT2D eigenvalue weighted by molar-refractivity contribution is -0.153. The van der Waals surface area contributed by atoms with Crippen LogP contribution in [0.5, 0.6) is 0 Å². The van der Waals surface area contributed by atoms with Crippen LogP contribution in [0.4, 0.5) is 0 Å². The molecule has 0 radical (unpaired) electrons. The Morgan fingerprint density at radius 2 is 2.35 bits per heavy atom. The van der Waals surface area contributed by atoms with E-state index in [9.17, 15) is 9.59 Å². The second-order valence-electron chi connectivity index (χ2n) is 5.88. The molecule has 110 valence electrons. The van der Waals surface area contributed by atoms with Gasteiger partial charge in [0.05, 0.1) is 25.2 Å². The summed E-state index contributed by atoms with van der Waals surface area (Å²) in [7, 11) is 0. The Bertz CT molecular complexity index is 474. The van der Waals surface area contributed by atoms with Gasteiger partial charge in [-0.15, -0.1) is 0 Å². The van der Waals surface area contributed by atoms with Crippen molar-refractivity contribution in [3.05, 3.63) is 12.2 Å². The number of esters is 1. The van der Waals surface area contributed by atoms with Crippen molar-refractivity contribution in [3.8, 4) is 0 Å². The summed E-state index contributed by atoms with van der Waals surface area (Å²) in [5.41, 5.74) is -0.609. The Kier molecular flexibility index (Phi) is 3.12. The Balaban J connectivity index is 1.90. The van der Waals surface area contributed by atoms with Crippen LogP contribution in [0.25, 0.3) is 0 Å². The minimum Gasteiger partial charge on any atom is -0.466 e. The summed E-state index contributed by atoms with van der Waals surface area (Å²) < 4.78 is 11.1. The molecular weight excluding hydrogens is 258 g/mol. The molecule has 0 aromatic carbocycles.